The van der Waals surface area contributed by atoms with Gasteiger partial charge in [0.25, 0.3) is 5.91 Å². The summed E-state index contributed by atoms with van der Waals surface area (Å²) in [5.74, 6) is 0.0375. The molecule has 0 aromatic heterocycles. The van der Waals surface area contributed by atoms with Crippen molar-refractivity contribution < 1.29 is 14.3 Å². The van der Waals surface area contributed by atoms with E-state index in [1.807, 2.05) is 31.4 Å². The van der Waals surface area contributed by atoms with E-state index in [0.29, 0.717) is 12.3 Å². The summed E-state index contributed by atoms with van der Waals surface area (Å²) in [6, 6.07) is 4.79. The van der Waals surface area contributed by atoms with Gasteiger partial charge in [0.15, 0.2) is 6.10 Å². The molecule has 1 rings (SSSR count). The molecule has 0 aliphatic heterocycles. The summed E-state index contributed by atoms with van der Waals surface area (Å²) in [4.78, 5) is 22.1. The van der Waals surface area contributed by atoms with Crippen LogP contribution in [0.25, 0.3) is 0 Å². The summed E-state index contributed by atoms with van der Waals surface area (Å²) >= 11 is 0. The quantitative estimate of drug-likeness (QED) is 0.729. The van der Waals surface area contributed by atoms with Crippen molar-refractivity contribution in [3.05, 3.63) is 29.3 Å². The van der Waals surface area contributed by atoms with E-state index >= 15 is 0 Å². The van der Waals surface area contributed by atoms with Crippen LogP contribution < -0.4 is 21.1 Å². The largest absolute Gasteiger partial charge is 0.481 e. The van der Waals surface area contributed by atoms with Gasteiger partial charge in [-0.3, -0.25) is 10.1 Å². The van der Waals surface area contributed by atoms with E-state index in [1.165, 1.54) is 0 Å². The molecule has 0 fully saturated rings. The van der Waals surface area contributed by atoms with Crippen molar-refractivity contribution in [3.63, 3.8) is 0 Å². The van der Waals surface area contributed by atoms with E-state index in [4.69, 9.17) is 10.5 Å². The normalized spacial score (nSPS) is 11.7. The molecular formula is C13H19N3O3. The van der Waals surface area contributed by atoms with Crippen molar-refractivity contribution in [2.24, 2.45) is 5.73 Å². The average molecular weight is 265 g/mol. The standard InChI is InChI=1S/C13H19N3O3/c1-8-4-5-11(10(6-8)7-15-3)19-9(2)12(17)16-13(14)18/h4-6,9,15H,7H2,1-3H3,(H3,14,16,17,18). The van der Waals surface area contributed by atoms with Crippen LogP contribution in [0, 0.1) is 6.92 Å². The van der Waals surface area contributed by atoms with E-state index in [2.05, 4.69) is 5.32 Å². The maximum absolute atomic E-state index is 11.5. The molecule has 3 amide bonds. The number of imide groups is 1. The summed E-state index contributed by atoms with van der Waals surface area (Å²) in [5.41, 5.74) is 6.93. The topological polar surface area (TPSA) is 93.4 Å². The number of rotatable bonds is 5. The lowest BCUT2D eigenvalue weighted by atomic mass is 10.1. The van der Waals surface area contributed by atoms with Gasteiger partial charge in [-0.15, -0.1) is 0 Å². The van der Waals surface area contributed by atoms with Crippen molar-refractivity contribution >= 4 is 11.9 Å². The molecule has 0 radical (unpaired) electrons. The lowest BCUT2D eigenvalue weighted by Crippen LogP contribution is -2.42. The Balaban J connectivity index is 2.80. The summed E-state index contributed by atoms with van der Waals surface area (Å²) < 4.78 is 5.56. The number of benzene rings is 1. The van der Waals surface area contributed by atoms with E-state index in [1.54, 1.807) is 13.0 Å². The second-order valence-corrected chi connectivity index (χ2v) is 4.26. The maximum Gasteiger partial charge on any atom is 0.318 e. The van der Waals surface area contributed by atoms with E-state index in [-0.39, 0.29) is 0 Å². The number of carbonyl (C=O) groups excluding carboxylic acids is 2. The van der Waals surface area contributed by atoms with Gasteiger partial charge in [0, 0.05) is 12.1 Å². The molecule has 0 saturated heterocycles. The first kappa shape index (κ1) is 15.0. The highest BCUT2D eigenvalue weighted by Crippen LogP contribution is 2.21. The Morgan fingerprint density at radius 3 is 2.68 bits per heavy atom. The molecule has 104 valence electrons. The van der Waals surface area contributed by atoms with Crippen LogP contribution in [0.2, 0.25) is 0 Å². The van der Waals surface area contributed by atoms with Crippen LogP contribution in [-0.2, 0) is 11.3 Å². The Bertz CT molecular complexity index is 474. The van der Waals surface area contributed by atoms with Crippen LogP contribution in [0.1, 0.15) is 18.1 Å². The number of hydrogen-bond acceptors (Lipinski definition) is 4. The number of aryl methyl sites for hydroxylation is 1. The van der Waals surface area contributed by atoms with Gasteiger partial charge in [-0.05, 0) is 27.0 Å². The molecule has 1 aromatic rings. The monoisotopic (exact) mass is 265 g/mol. The molecule has 0 aliphatic carbocycles. The predicted molar refractivity (Wildman–Crippen MR) is 71.8 cm³/mol. The Kier molecular flexibility index (Phi) is 5.32. The fraction of sp³-hybridized carbons (Fsp3) is 0.385. The first-order chi connectivity index (χ1) is 8.93. The van der Waals surface area contributed by atoms with Crippen LogP contribution in [0.3, 0.4) is 0 Å². The van der Waals surface area contributed by atoms with E-state index in [9.17, 15) is 9.59 Å². The smallest absolute Gasteiger partial charge is 0.318 e. The predicted octanol–water partition coefficient (Wildman–Crippen LogP) is 0.677. The van der Waals surface area contributed by atoms with Gasteiger partial charge in [0.1, 0.15) is 5.75 Å². The molecular weight excluding hydrogens is 246 g/mol. The number of urea groups is 1. The Morgan fingerprint density at radius 1 is 1.42 bits per heavy atom. The molecule has 0 heterocycles. The zero-order valence-corrected chi connectivity index (χ0v) is 11.3. The third-order valence-electron chi connectivity index (χ3n) is 2.50. The molecule has 6 heteroatoms. The average Bonchev–Trinajstić information content (AvgIpc) is 2.32. The van der Waals surface area contributed by atoms with E-state index in [0.717, 1.165) is 11.1 Å². The molecule has 4 N–H and O–H groups in total. The van der Waals surface area contributed by atoms with Gasteiger partial charge in [0.05, 0.1) is 0 Å². The zero-order chi connectivity index (χ0) is 14.4. The van der Waals surface area contributed by atoms with Crippen LogP contribution in [0.15, 0.2) is 18.2 Å². The second kappa shape index (κ2) is 6.75. The molecule has 0 spiro atoms. The van der Waals surface area contributed by atoms with Crippen molar-refractivity contribution in [1.82, 2.24) is 10.6 Å². The van der Waals surface area contributed by atoms with Crippen molar-refractivity contribution in [1.29, 1.82) is 0 Å². The molecule has 1 unspecified atom stereocenters. The highest BCUT2D eigenvalue weighted by molar-refractivity contribution is 5.95. The van der Waals surface area contributed by atoms with Crippen molar-refractivity contribution in [3.8, 4) is 5.75 Å². The summed E-state index contributed by atoms with van der Waals surface area (Å²) in [6.07, 6.45) is -0.800. The molecule has 19 heavy (non-hydrogen) atoms. The summed E-state index contributed by atoms with van der Waals surface area (Å²) in [6.45, 7) is 4.16. The van der Waals surface area contributed by atoms with Gasteiger partial charge in [-0.2, -0.15) is 0 Å². The summed E-state index contributed by atoms with van der Waals surface area (Å²) in [7, 11) is 1.83. The number of amides is 3. The minimum atomic E-state index is -0.889. The number of nitrogens with one attached hydrogen (secondary N) is 2. The Hall–Kier alpha value is -2.08. The van der Waals surface area contributed by atoms with Gasteiger partial charge in [-0.1, -0.05) is 17.7 Å². The molecule has 0 aliphatic rings. The number of primary amides is 1. The van der Waals surface area contributed by atoms with Gasteiger partial charge in [-0.25, -0.2) is 4.79 Å². The highest BCUT2D eigenvalue weighted by atomic mass is 16.5. The number of carbonyl (C=O) groups is 2. The van der Waals surface area contributed by atoms with Crippen LogP contribution in [-0.4, -0.2) is 25.1 Å². The van der Waals surface area contributed by atoms with E-state index < -0.39 is 18.0 Å². The first-order valence-electron chi connectivity index (χ1n) is 5.95. The second-order valence-electron chi connectivity index (χ2n) is 4.26. The van der Waals surface area contributed by atoms with Gasteiger partial charge < -0.3 is 15.8 Å². The van der Waals surface area contributed by atoms with Crippen LogP contribution >= 0.6 is 0 Å². The molecule has 0 bridgehead atoms. The van der Waals surface area contributed by atoms with Crippen molar-refractivity contribution in [2.45, 2.75) is 26.5 Å². The Morgan fingerprint density at radius 2 is 2.11 bits per heavy atom. The molecule has 1 atom stereocenters. The Labute approximate surface area is 112 Å². The summed E-state index contributed by atoms with van der Waals surface area (Å²) in [5, 5.41) is 5.02. The fourth-order valence-electron chi connectivity index (χ4n) is 1.62. The third-order valence-corrected chi connectivity index (χ3v) is 2.50. The van der Waals surface area contributed by atoms with Gasteiger partial charge >= 0.3 is 6.03 Å². The van der Waals surface area contributed by atoms with Crippen molar-refractivity contribution in [2.75, 3.05) is 7.05 Å². The maximum atomic E-state index is 11.5. The minimum absolute atomic E-state index is 0.566. The number of hydrogen-bond donors (Lipinski definition) is 3. The SMILES string of the molecule is CNCc1cc(C)ccc1OC(C)C(=O)NC(N)=O. The minimum Gasteiger partial charge on any atom is -0.481 e. The molecule has 0 saturated carbocycles. The number of ether oxygens (including phenoxy) is 1. The fourth-order valence-corrected chi connectivity index (χ4v) is 1.62. The van der Waals surface area contributed by atoms with Crippen LogP contribution in [0.4, 0.5) is 4.79 Å². The van der Waals surface area contributed by atoms with Crippen LogP contribution in [0.5, 0.6) is 5.75 Å². The third kappa shape index (κ3) is 4.59. The lowest BCUT2D eigenvalue weighted by Gasteiger charge is -2.17. The lowest BCUT2D eigenvalue weighted by molar-refractivity contribution is -0.126. The first-order valence-corrected chi connectivity index (χ1v) is 5.95. The molecule has 6 nitrogen and oxygen atoms in total. The van der Waals surface area contributed by atoms with Gasteiger partial charge in [0.2, 0.25) is 0 Å². The highest BCUT2D eigenvalue weighted by Gasteiger charge is 2.17. The zero-order valence-electron chi connectivity index (χ0n) is 11.3. The number of nitrogens with two attached hydrogens (primary N) is 1. The molecule has 1 aromatic carbocycles.